The number of rotatable bonds is 2. The van der Waals surface area contributed by atoms with E-state index in [4.69, 9.17) is 5.73 Å². The van der Waals surface area contributed by atoms with Gasteiger partial charge < -0.3 is 5.73 Å². The van der Waals surface area contributed by atoms with Gasteiger partial charge in [0.05, 0.1) is 10.2 Å². The predicted molar refractivity (Wildman–Crippen MR) is 54.3 cm³/mol. The highest BCUT2D eigenvalue weighted by atomic mass is 79.9. The van der Waals surface area contributed by atoms with Crippen molar-refractivity contribution in [3.05, 3.63) is 22.2 Å². The predicted octanol–water partition coefficient (Wildman–Crippen LogP) is 2.14. The fourth-order valence-electron chi connectivity index (χ4n) is 1.25. The van der Waals surface area contributed by atoms with Gasteiger partial charge in [0.25, 0.3) is 0 Å². The maximum atomic E-state index is 5.78. The molecule has 1 saturated carbocycles. The lowest BCUT2D eigenvalue weighted by Crippen LogP contribution is -2.10. The van der Waals surface area contributed by atoms with Gasteiger partial charge in [0.2, 0.25) is 0 Å². The molecule has 0 spiro atoms. The molecule has 1 aliphatic rings. The van der Waals surface area contributed by atoms with E-state index in [1.54, 1.807) is 6.20 Å². The van der Waals surface area contributed by atoms with Crippen LogP contribution in [0.4, 0.5) is 0 Å². The maximum absolute atomic E-state index is 5.78. The average molecular weight is 242 g/mol. The molecule has 0 bridgehead atoms. The minimum atomic E-state index is -0.0325. The van der Waals surface area contributed by atoms with Crippen molar-refractivity contribution in [2.24, 2.45) is 5.73 Å². The van der Waals surface area contributed by atoms with E-state index in [0.717, 1.165) is 16.0 Å². The number of nitrogens with zero attached hydrogens (tertiary/aromatic N) is 2. The van der Waals surface area contributed by atoms with Gasteiger partial charge in [-0.1, -0.05) is 0 Å². The van der Waals surface area contributed by atoms with Crippen molar-refractivity contribution in [1.82, 2.24) is 9.97 Å². The summed E-state index contributed by atoms with van der Waals surface area (Å²) in [5.74, 6) is 1.54. The Morgan fingerprint density at radius 3 is 2.85 bits per heavy atom. The zero-order valence-electron chi connectivity index (χ0n) is 7.50. The zero-order valence-corrected chi connectivity index (χ0v) is 9.08. The molecule has 0 saturated heterocycles. The average Bonchev–Trinajstić information content (AvgIpc) is 2.87. The first-order valence-electron chi connectivity index (χ1n) is 4.46. The third-order valence-corrected chi connectivity index (χ3v) is 2.77. The smallest absolute Gasteiger partial charge is 0.131 e. The topological polar surface area (TPSA) is 51.8 Å². The van der Waals surface area contributed by atoms with Gasteiger partial charge in [-0.05, 0) is 35.7 Å². The molecule has 0 radical (unpaired) electrons. The molecule has 0 aliphatic heterocycles. The Hall–Kier alpha value is -0.480. The molecule has 70 valence electrons. The van der Waals surface area contributed by atoms with Crippen LogP contribution in [0.2, 0.25) is 0 Å². The fourth-order valence-corrected chi connectivity index (χ4v) is 1.80. The molecule has 0 unspecified atom stereocenters. The van der Waals surface area contributed by atoms with Crippen LogP contribution in [0.25, 0.3) is 0 Å². The Labute approximate surface area is 85.9 Å². The molecule has 2 N–H and O–H groups in total. The lowest BCUT2D eigenvalue weighted by Gasteiger charge is -2.08. The molecule has 1 atom stereocenters. The van der Waals surface area contributed by atoms with Crippen LogP contribution in [-0.4, -0.2) is 9.97 Å². The second kappa shape index (κ2) is 3.35. The van der Waals surface area contributed by atoms with E-state index in [1.165, 1.54) is 12.8 Å². The minimum Gasteiger partial charge on any atom is -0.323 e. The van der Waals surface area contributed by atoms with Crippen molar-refractivity contribution in [2.45, 2.75) is 31.7 Å². The van der Waals surface area contributed by atoms with E-state index in [0.29, 0.717) is 5.92 Å². The molecule has 1 heterocycles. The lowest BCUT2D eigenvalue weighted by molar-refractivity contribution is 0.746. The van der Waals surface area contributed by atoms with E-state index >= 15 is 0 Å². The van der Waals surface area contributed by atoms with Gasteiger partial charge in [0, 0.05) is 18.2 Å². The van der Waals surface area contributed by atoms with Crippen molar-refractivity contribution in [1.29, 1.82) is 0 Å². The molecule has 4 heteroatoms. The number of hydrogen-bond donors (Lipinski definition) is 1. The van der Waals surface area contributed by atoms with Crippen molar-refractivity contribution in [3.8, 4) is 0 Å². The van der Waals surface area contributed by atoms with Gasteiger partial charge in [0.15, 0.2) is 0 Å². The lowest BCUT2D eigenvalue weighted by atomic mass is 10.2. The SMILES string of the molecule is C[C@@H](N)c1nc(C2CC2)ncc1Br. The van der Waals surface area contributed by atoms with Gasteiger partial charge in [0.1, 0.15) is 5.82 Å². The third kappa shape index (κ3) is 1.89. The number of hydrogen-bond acceptors (Lipinski definition) is 3. The molecule has 0 aromatic carbocycles. The van der Waals surface area contributed by atoms with Crippen LogP contribution in [0.5, 0.6) is 0 Å². The summed E-state index contributed by atoms with van der Waals surface area (Å²) in [7, 11) is 0. The maximum Gasteiger partial charge on any atom is 0.131 e. The summed E-state index contributed by atoms with van der Waals surface area (Å²) < 4.78 is 0.909. The van der Waals surface area contributed by atoms with Crippen LogP contribution in [0.3, 0.4) is 0 Å². The molecule has 1 aliphatic carbocycles. The van der Waals surface area contributed by atoms with E-state index in [-0.39, 0.29) is 6.04 Å². The Kier molecular flexibility index (Phi) is 2.34. The molecule has 1 aromatic rings. The van der Waals surface area contributed by atoms with Gasteiger partial charge in [-0.25, -0.2) is 9.97 Å². The van der Waals surface area contributed by atoms with Crippen LogP contribution in [0, 0.1) is 0 Å². The first kappa shape index (κ1) is 9.09. The van der Waals surface area contributed by atoms with Crippen molar-refractivity contribution >= 4 is 15.9 Å². The molecule has 13 heavy (non-hydrogen) atoms. The van der Waals surface area contributed by atoms with Crippen LogP contribution in [-0.2, 0) is 0 Å². The van der Waals surface area contributed by atoms with Gasteiger partial charge in [-0.15, -0.1) is 0 Å². The molecule has 3 nitrogen and oxygen atoms in total. The largest absolute Gasteiger partial charge is 0.323 e. The molecule has 1 aromatic heterocycles. The van der Waals surface area contributed by atoms with Crippen LogP contribution >= 0.6 is 15.9 Å². The summed E-state index contributed by atoms with van der Waals surface area (Å²) in [6.07, 6.45) is 4.25. The van der Waals surface area contributed by atoms with E-state index in [9.17, 15) is 0 Å². The summed E-state index contributed by atoms with van der Waals surface area (Å²) in [4.78, 5) is 8.72. The second-order valence-electron chi connectivity index (χ2n) is 3.52. The standard InChI is InChI=1S/C9H12BrN3/c1-5(11)8-7(10)4-12-9(13-8)6-2-3-6/h4-6H,2-3,11H2,1H3/t5-/m1/s1. The molecule has 0 amide bonds. The molecule has 2 rings (SSSR count). The highest BCUT2D eigenvalue weighted by molar-refractivity contribution is 9.10. The Morgan fingerprint density at radius 2 is 2.31 bits per heavy atom. The first-order valence-corrected chi connectivity index (χ1v) is 5.25. The van der Waals surface area contributed by atoms with Crippen molar-refractivity contribution in [2.75, 3.05) is 0 Å². The minimum absolute atomic E-state index is 0.0325. The fraction of sp³-hybridized carbons (Fsp3) is 0.556. The zero-order chi connectivity index (χ0) is 9.42. The monoisotopic (exact) mass is 241 g/mol. The second-order valence-corrected chi connectivity index (χ2v) is 4.38. The normalized spacial score (nSPS) is 18.7. The Balaban J connectivity index is 2.36. The van der Waals surface area contributed by atoms with Crippen molar-refractivity contribution < 1.29 is 0 Å². The summed E-state index contributed by atoms with van der Waals surface area (Å²) in [5.41, 5.74) is 6.70. The summed E-state index contributed by atoms with van der Waals surface area (Å²) in [6.45, 7) is 1.93. The van der Waals surface area contributed by atoms with Crippen LogP contribution < -0.4 is 5.73 Å². The quantitative estimate of drug-likeness (QED) is 0.864. The molecular weight excluding hydrogens is 230 g/mol. The highest BCUT2D eigenvalue weighted by Gasteiger charge is 2.27. The summed E-state index contributed by atoms with van der Waals surface area (Å²) in [5, 5.41) is 0. The van der Waals surface area contributed by atoms with Crippen LogP contribution in [0.1, 0.15) is 43.2 Å². The Morgan fingerprint density at radius 1 is 1.62 bits per heavy atom. The summed E-state index contributed by atoms with van der Waals surface area (Å²) in [6, 6.07) is -0.0325. The van der Waals surface area contributed by atoms with Gasteiger partial charge in [-0.2, -0.15) is 0 Å². The first-order chi connectivity index (χ1) is 6.18. The highest BCUT2D eigenvalue weighted by Crippen LogP contribution is 2.38. The van der Waals surface area contributed by atoms with Crippen molar-refractivity contribution in [3.63, 3.8) is 0 Å². The molecular formula is C9H12BrN3. The number of nitrogens with two attached hydrogens (primary N) is 1. The van der Waals surface area contributed by atoms with Gasteiger partial charge >= 0.3 is 0 Å². The number of aromatic nitrogens is 2. The van der Waals surface area contributed by atoms with E-state index < -0.39 is 0 Å². The summed E-state index contributed by atoms with van der Waals surface area (Å²) >= 11 is 3.40. The van der Waals surface area contributed by atoms with E-state index in [2.05, 4.69) is 25.9 Å². The third-order valence-electron chi connectivity index (χ3n) is 2.16. The van der Waals surface area contributed by atoms with E-state index in [1.807, 2.05) is 6.92 Å². The number of halogens is 1. The van der Waals surface area contributed by atoms with Gasteiger partial charge in [-0.3, -0.25) is 0 Å². The van der Waals surface area contributed by atoms with Crippen LogP contribution in [0.15, 0.2) is 10.7 Å². The Bertz CT molecular complexity index is 321. The molecule has 1 fully saturated rings.